The lowest BCUT2D eigenvalue weighted by Gasteiger charge is -2.08. The normalized spacial score (nSPS) is 10.4. The van der Waals surface area contributed by atoms with Crippen molar-refractivity contribution < 1.29 is 14.3 Å². The van der Waals surface area contributed by atoms with Gasteiger partial charge in [-0.2, -0.15) is 0 Å². The van der Waals surface area contributed by atoms with Crippen LogP contribution in [0.15, 0.2) is 30.6 Å². The molecule has 0 aliphatic heterocycles. The number of rotatable bonds is 7. The second-order valence-electron chi connectivity index (χ2n) is 4.18. The topological polar surface area (TPSA) is 73.3 Å². The van der Waals surface area contributed by atoms with Crippen LogP contribution >= 0.6 is 0 Å². The summed E-state index contributed by atoms with van der Waals surface area (Å²) in [5.74, 6) is 0.242. The van der Waals surface area contributed by atoms with Crippen LogP contribution in [0.2, 0.25) is 0 Å². The lowest BCUT2D eigenvalue weighted by molar-refractivity contribution is -0.123. The van der Waals surface area contributed by atoms with Gasteiger partial charge in [0, 0.05) is 20.3 Å². The van der Waals surface area contributed by atoms with Gasteiger partial charge in [0.05, 0.1) is 10.9 Å². The SMILES string of the molecule is COCCCNC(=O)COc1ncnc2ccccc12. The van der Waals surface area contributed by atoms with E-state index in [1.165, 1.54) is 6.33 Å². The highest BCUT2D eigenvalue weighted by molar-refractivity contribution is 5.83. The molecule has 0 aliphatic rings. The predicted molar refractivity (Wildman–Crippen MR) is 74.5 cm³/mol. The van der Waals surface area contributed by atoms with E-state index in [-0.39, 0.29) is 12.5 Å². The minimum Gasteiger partial charge on any atom is -0.467 e. The Bertz CT molecular complexity index is 569. The van der Waals surface area contributed by atoms with Crippen molar-refractivity contribution in [2.24, 2.45) is 0 Å². The van der Waals surface area contributed by atoms with Crippen LogP contribution in [0, 0.1) is 0 Å². The maximum Gasteiger partial charge on any atom is 0.258 e. The van der Waals surface area contributed by atoms with Crippen LogP contribution in [0.3, 0.4) is 0 Å². The van der Waals surface area contributed by atoms with E-state index in [1.807, 2.05) is 24.3 Å². The van der Waals surface area contributed by atoms with E-state index in [9.17, 15) is 4.79 Å². The summed E-state index contributed by atoms with van der Waals surface area (Å²) < 4.78 is 10.3. The molecule has 2 rings (SSSR count). The number of amides is 1. The number of carbonyl (C=O) groups is 1. The van der Waals surface area contributed by atoms with Crippen molar-refractivity contribution in [1.82, 2.24) is 15.3 Å². The second kappa shape index (κ2) is 7.40. The molecule has 106 valence electrons. The smallest absolute Gasteiger partial charge is 0.258 e. The van der Waals surface area contributed by atoms with Gasteiger partial charge in [-0.3, -0.25) is 4.79 Å². The minimum atomic E-state index is -0.177. The van der Waals surface area contributed by atoms with Crippen molar-refractivity contribution >= 4 is 16.8 Å². The first-order valence-electron chi connectivity index (χ1n) is 6.39. The standard InChI is InChI=1S/C14H17N3O3/c1-19-8-4-7-15-13(18)9-20-14-11-5-2-3-6-12(11)16-10-17-14/h2-3,5-6,10H,4,7-9H2,1H3,(H,15,18). The van der Waals surface area contributed by atoms with Crippen LogP contribution in [0.5, 0.6) is 5.88 Å². The molecular formula is C14H17N3O3. The van der Waals surface area contributed by atoms with Gasteiger partial charge in [-0.25, -0.2) is 9.97 Å². The summed E-state index contributed by atoms with van der Waals surface area (Å²) in [5.41, 5.74) is 0.790. The Morgan fingerprint density at radius 2 is 2.15 bits per heavy atom. The van der Waals surface area contributed by atoms with E-state index >= 15 is 0 Å². The summed E-state index contributed by atoms with van der Waals surface area (Å²) in [5, 5.41) is 3.54. The fourth-order valence-corrected chi connectivity index (χ4v) is 1.72. The van der Waals surface area contributed by atoms with Gasteiger partial charge < -0.3 is 14.8 Å². The number of hydrogen-bond donors (Lipinski definition) is 1. The molecule has 0 atom stereocenters. The zero-order chi connectivity index (χ0) is 14.2. The number of hydrogen-bond acceptors (Lipinski definition) is 5. The molecule has 0 fully saturated rings. The van der Waals surface area contributed by atoms with E-state index in [2.05, 4.69) is 15.3 Å². The van der Waals surface area contributed by atoms with Crippen LogP contribution in [0.1, 0.15) is 6.42 Å². The van der Waals surface area contributed by atoms with Crippen LogP contribution in [0.4, 0.5) is 0 Å². The van der Waals surface area contributed by atoms with Crippen LogP contribution in [-0.2, 0) is 9.53 Å². The van der Waals surface area contributed by atoms with Crippen LogP contribution in [0.25, 0.3) is 10.9 Å². The fraction of sp³-hybridized carbons (Fsp3) is 0.357. The number of methoxy groups -OCH3 is 1. The molecule has 0 aliphatic carbocycles. The molecule has 6 heteroatoms. The van der Waals surface area contributed by atoms with E-state index in [4.69, 9.17) is 9.47 Å². The molecule has 6 nitrogen and oxygen atoms in total. The quantitative estimate of drug-likeness (QED) is 0.768. The van der Waals surface area contributed by atoms with Gasteiger partial charge in [0.25, 0.3) is 5.91 Å². The maximum atomic E-state index is 11.6. The highest BCUT2D eigenvalue weighted by Gasteiger charge is 2.07. The van der Waals surface area contributed by atoms with Gasteiger partial charge in [0.2, 0.25) is 5.88 Å². The third-order valence-electron chi connectivity index (χ3n) is 2.69. The number of nitrogens with one attached hydrogen (secondary N) is 1. The molecule has 0 bridgehead atoms. The Morgan fingerprint density at radius 1 is 1.30 bits per heavy atom. The third-order valence-corrected chi connectivity index (χ3v) is 2.69. The Morgan fingerprint density at radius 3 is 3.00 bits per heavy atom. The van der Waals surface area contributed by atoms with Crippen molar-refractivity contribution in [2.75, 3.05) is 26.9 Å². The number of carbonyl (C=O) groups excluding carboxylic acids is 1. The van der Waals surface area contributed by atoms with Gasteiger partial charge in [0.15, 0.2) is 6.61 Å². The zero-order valence-corrected chi connectivity index (χ0v) is 11.3. The second-order valence-corrected chi connectivity index (χ2v) is 4.18. The number of nitrogens with zero attached hydrogens (tertiary/aromatic N) is 2. The van der Waals surface area contributed by atoms with Crippen LogP contribution < -0.4 is 10.1 Å². The van der Waals surface area contributed by atoms with Crippen molar-refractivity contribution in [3.8, 4) is 5.88 Å². The molecule has 0 spiro atoms. The third kappa shape index (κ3) is 3.89. The number of fused-ring (bicyclic) bond motifs is 1. The largest absolute Gasteiger partial charge is 0.467 e. The summed E-state index contributed by atoms with van der Waals surface area (Å²) >= 11 is 0. The fourth-order valence-electron chi connectivity index (χ4n) is 1.72. The minimum absolute atomic E-state index is 0.0615. The molecule has 1 aromatic heterocycles. The molecule has 1 heterocycles. The van der Waals surface area contributed by atoms with Crippen molar-refractivity contribution in [3.05, 3.63) is 30.6 Å². The highest BCUT2D eigenvalue weighted by atomic mass is 16.5. The van der Waals surface area contributed by atoms with Gasteiger partial charge in [-0.1, -0.05) is 12.1 Å². The number of ether oxygens (including phenoxy) is 2. The summed E-state index contributed by atoms with van der Waals surface area (Å²) in [7, 11) is 1.63. The molecule has 0 saturated carbocycles. The Balaban J connectivity index is 1.88. The average molecular weight is 275 g/mol. The van der Waals surface area contributed by atoms with E-state index < -0.39 is 0 Å². The molecule has 0 saturated heterocycles. The van der Waals surface area contributed by atoms with Gasteiger partial charge >= 0.3 is 0 Å². The van der Waals surface area contributed by atoms with E-state index in [0.717, 1.165) is 17.3 Å². The van der Waals surface area contributed by atoms with E-state index in [1.54, 1.807) is 7.11 Å². The van der Waals surface area contributed by atoms with Gasteiger partial charge in [-0.05, 0) is 18.6 Å². The molecule has 20 heavy (non-hydrogen) atoms. The Kier molecular flexibility index (Phi) is 5.25. The lowest BCUT2D eigenvalue weighted by atomic mass is 10.2. The molecule has 1 amide bonds. The number of para-hydroxylation sites is 1. The molecule has 0 radical (unpaired) electrons. The number of benzene rings is 1. The van der Waals surface area contributed by atoms with E-state index in [0.29, 0.717) is 19.0 Å². The summed E-state index contributed by atoms with van der Waals surface area (Å²) in [6.45, 7) is 1.13. The first kappa shape index (κ1) is 14.2. The zero-order valence-electron chi connectivity index (χ0n) is 11.3. The average Bonchev–Trinajstić information content (AvgIpc) is 2.49. The summed E-state index contributed by atoms with van der Waals surface area (Å²) in [4.78, 5) is 19.8. The molecule has 0 unspecified atom stereocenters. The molecule has 2 aromatic rings. The first-order valence-corrected chi connectivity index (χ1v) is 6.39. The molecule has 1 aromatic carbocycles. The lowest BCUT2D eigenvalue weighted by Crippen LogP contribution is -2.30. The summed E-state index contributed by atoms with van der Waals surface area (Å²) in [6.07, 6.45) is 2.20. The van der Waals surface area contributed by atoms with Gasteiger partial charge in [-0.15, -0.1) is 0 Å². The highest BCUT2D eigenvalue weighted by Crippen LogP contribution is 2.20. The summed E-state index contributed by atoms with van der Waals surface area (Å²) in [6, 6.07) is 7.50. The van der Waals surface area contributed by atoms with Crippen molar-refractivity contribution in [2.45, 2.75) is 6.42 Å². The Hall–Kier alpha value is -2.21. The number of aromatic nitrogens is 2. The first-order chi connectivity index (χ1) is 9.81. The maximum absolute atomic E-state index is 11.6. The Labute approximate surface area is 117 Å². The van der Waals surface area contributed by atoms with Crippen molar-refractivity contribution in [1.29, 1.82) is 0 Å². The molecular weight excluding hydrogens is 258 g/mol. The van der Waals surface area contributed by atoms with Crippen molar-refractivity contribution in [3.63, 3.8) is 0 Å². The van der Waals surface area contributed by atoms with Crippen LogP contribution in [-0.4, -0.2) is 42.7 Å². The van der Waals surface area contributed by atoms with Gasteiger partial charge in [0.1, 0.15) is 6.33 Å². The predicted octanol–water partition coefficient (Wildman–Crippen LogP) is 1.16. The monoisotopic (exact) mass is 275 g/mol. The molecule has 1 N–H and O–H groups in total.